The Morgan fingerprint density at radius 1 is 1.05 bits per heavy atom. The second-order valence-corrected chi connectivity index (χ2v) is 6.47. The fraction of sp³-hybridized carbons (Fsp3) is 0.278. The van der Waals surface area contributed by atoms with Crippen molar-refractivity contribution in [2.45, 2.75) is 17.8 Å². The third-order valence-corrected chi connectivity index (χ3v) is 5.05. The normalized spacial score (nSPS) is 24.3. The Labute approximate surface area is 130 Å². The van der Waals surface area contributed by atoms with E-state index in [0.717, 1.165) is 37.5 Å². The van der Waals surface area contributed by atoms with Crippen molar-refractivity contribution in [3.8, 4) is 0 Å². The van der Waals surface area contributed by atoms with Crippen LogP contribution < -0.4 is 0 Å². The van der Waals surface area contributed by atoms with Crippen molar-refractivity contribution >= 4 is 23.0 Å². The standard InChI is InChI=1S/C18H17ClN2/c19-18-10-11-21(12-14-6-2-1-3-7-14)13-17(18)20-16-9-5-4-8-15(16)18/h1-9H,10-13H2. The Morgan fingerprint density at radius 3 is 2.67 bits per heavy atom. The van der Waals surface area contributed by atoms with Crippen LogP contribution in [0.4, 0.5) is 5.69 Å². The van der Waals surface area contributed by atoms with Crippen molar-refractivity contribution in [3.05, 3.63) is 65.7 Å². The zero-order valence-electron chi connectivity index (χ0n) is 11.8. The van der Waals surface area contributed by atoms with E-state index in [1.807, 2.05) is 6.07 Å². The van der Waals surface area contributed by atoms with Crippen molar-refractivity contribution in [1.82, 2.24) is 4.90 Å². The summed E-state index contributed by atoms with van der Waals surface area (Å²) in [5, 5.41) is 0. The SMILES string of the molecule is ClC12CCN(Cc3ccccc3)CC1=Nc1ccccc12. The van der Waals surface area contributed by atoms with E-state index in [9.17, 15) is 0 Å². The summed E-state index contributed by atoms with van der Waals surface area (Å²) in [4.78, 5) is 6.84. The van der Waals surface area contributed by atoms with Gasteiger partial charge in [0.1, 0.15) is 4.87 Å². The van der Waals surface area contributed by atoms with Crippen LogP contribution >= 0.6 is 11.6 Å². The summed E-state index contributed by atoms with van der Waals surface area (Å²) in [6.07, 6.45) is 0.928. The Bertz CT molecular complexity index is 695. The van der Waals surface area contributed by atoms with Gasteiger partial charge in [-0.3, -0.25) is 9.89 Å². The van der Waals surface area contributed by atoms with Gasteiger partial charge < -0.3 is 0 Å². The molecule has 4 rings (SSSR count). The zero-order valence-corrected chi connectivity index (χ0v) is 12.6. The minimum atomic E-state index is -0.371. The maximum Gasteiger partial charge on any atom is 0.112 e. The first-order valence-electron chi connectivity index (χ1n) is 7.38. The van der Waals surface area contributed by atoms with Crippen LogP contribution in [0.25, 0.3) is 0 Å². The predicted molar refractivity (Wildman–Crippen MR) is 87.4 cm³/mol. The molecule has 0 amide bonds. The van der Waals surface area contributed by atoms with E-state index in [4.69, 9.17) is 16.6 Å². The summed E-state index contributed by atoms with van der Waals surface area (Å²) < 4.78 is 0. The quantitative estimate of drug-likeness (QED) is 0.761. The molecule has 2 aliphatic heterocycles. The van der Waals surface area contributed by atoms with Gasteiger partial charge in [0.25, 0.3) is 0 Å². The molecule has 0 bridgehead atoms. The second kappa shape index (κ2) is 4.97. The van der Waals surface area contributed by atoms with Gasteiger partial charge in [0.05, 0.1) is 11.4 Å². The number of benzene rings is 2. The first kappa shape index (κ1) is 13.1. The molecule has 2 heterocycles. The van der Waals surface area contributed by atoms with Gasteiger partial charge in [0.2, 0.25) is 0 Å². The highest BCUT2D eigenvalue weighted by Gasteiger charge is 2.44. The number of piperidine rings is 1. The van der Waals surface area contributed by atoms with E-state index < -0.39 is 0 Å². The number of rotatable bonds is 2. The van der Waals surface area contributed by atoms with Crippen LogP contribution in [0.3, 0.4) is 0 Å². The molecule has 0 spiro atoms. The molecule has 2 aliphatic rings. The monoisotopic (exact) mass is 296 g/mol. The fourth-order valence-corrected chi connectivity index (χ4v) is 3.66. The average molecular weight is 297 g/mol. The summed E-state index contributed by atoms with van der Waals surface area (Å²) in [6.45, 7) is 2.82. The lowest BCUT2D eigenvalue weighted by Gasteiger charge is -2.36. The molecule has 0 N–H and O–H groups in total. The first-order chi connectivity index (χ1) is 10.3. The number of aliphatic imine (C=N–C) groups is 1. The van der Waals surface area contributed by atoms with Gasteiger partial charge in [0.15, 0.2) is 0 Å². The largest absolute Gasteiger partial charge is 0.293 e. The van der Waals surface area contributed by atoms with E-state index in [0.29, 0.717) is 0 Å². The molecule has 2 aromatic rings. The smallest absolute Gasteiger partial charge is 0.112 e. The number of nitrogens with zero attached hydrogens (tertiary/aromatic N) is 2. The van der Waals surface area contributed by atoms with Crippen molar-refractivity contribution in [2.24, 2.45) is 4.99 Å². The third kappa shape index (κ3) is 2.19. The molecule has 2 aromatic carbocycles. The molecular weight excluding hydrogens is 280 g/mol. The minimum absolute atomic E-state index is 0.371. The van der Waals surface area contributed by atoms with Crippen molar-refractivity contribution in [2.75, 3.05) is 13.1 Å². The lowest BCUT2D eigenvalue weighted by atomic mass is 9.88. The molecule has 1 unspecified atom stereocenters. The zero-order chi connectivity index (χ0) is 14.3. The van der Waals surface area contributed by atoms with Crippen LogP contribution in [0.2, 0.25) is 0 Å². The molecule has 2 nitrogen and oxygen atoms in total. The highest BCUT2D eigenvalue weighted by Crippen LogP contribution is 2.47. The van der Waals surface area contributed by atoms with Crippen LogP contribution in [-0.4, -0.2) is 23.7 Å². The molecule has 21 heavy (non-hydrogen) atoms. The van der Waals surface area contributed by atoms with Gasteiger partial charge >= 0.3 is 0 Å². The molecule has 1 saturated heterocycles. The maximum atomic E-state index is 6.91. The summed E-state index contributed by atoms with van der Waals surface area (Å²) in [5.41, 5.74) is 4.67. The van der Waals surface area contributed by atoms with E-state index in [1.165, 1.54) is 11.1 Å². The number of alkyl halides is 1. The number of likely N-dealkylation sites (tertiary alicyclic amines) is 1. The molecule has 0 aliphatic carbocycles. The third-order valence-electron chi connectivity index (χ3n) is 4.44. The fourth-order valence-electron chi connectivity index (χ4n) is 3.31. The Hall–Kier alpha value is -1.64. The first-order valence-corrected chi connectivity index (χ1v) is 7.76. The van der Waals surface area contributed by atoms with Crippen LogP contribution in [0, 0.1) is 0 Å². The molecule has 0 saturated carbocycles. The van der Waals surface area contributed by atoms with E-state index in [1.54, 1.807) is 0 Å². The van der Waals surface area contributed by atoms with E-state index in [-0.39, 0.29) is 4.87 Å². The number of fused-ring (bicyclic) bond motifs is 3. The van der Waals surface area contributed by atoms with Gasteiger partial charge in [-0.25, -0.2) is 0 Å². The van der Waals surface area contributed by atoms with Crippen LogP contribution in [0.15, 0.2) is 59.6 Å². The average Bonchev–Trinajstić information content (AvgIpc) is 2.81. The van der Waals surface area contributed by atoms with E-state index in [2.05, 4.69) is 53.4 Å². The van der Waals surface area contributed by atoms with Gasteiger partial charge in [-0.05, 0) is 18.1 Å². The van der Waals surface area contributed by atoms with Gasteiger partial charge in [-0.2, -0.15) is 0 Å². The Morgan fingerprint density at radius 2 is 1.81 bits per heavy atom. The lowest BCUT2D eigenvalue weighted by Crippen LogP contribution is -2.45. The second-order valence-electron chi connectivity index (χ2n) is 5.82. The Balaban J connectivity index is 1.57. The molecule has 0 radical (unpaired) electrons. The summed E-state index contributed by atoms with van der Waals surface area (Å²) in [7, 11) is 0. The molecule has 1 fully saturated rings. The van der Waals surface area contributed by atoms with Crippen molar-refractivity contribution < 1.29 is 0 Å². The van der Waals surface area contributed by atoms with Gasteiger partial charge in [-0.15, -0.1) is 11.6 Å². The number of hydrogen-bond acceptors (Lipinski definition) is 2. The van der Waals surface area contributed by atoms with Gasteiger partial charge in [0, 0.05) is 25.2 Å². The van der Waals surface area contributed by atoms with Crippen LogP contribution in [-0.2, 0) is 11.4 Å². The molecule has 1 atom stereocenters. The summed E-state index contributed by atoms with van der Waals surface area (Å²) in [6, 6.07) is 18.9. The molecule has 0 aromatic heterocycles. The maximum absolute atomic E-state index is 6.91. The highest BCUT2D eigenvalue weighted by atomic mass is 35.5. The number of para-hydroxylation sites is 1. The topological polar surface area (TPSA) is 15.6 Å². The van der Waals surface area contributed by atoms with Crippen LogP contribution in [0.5, 0.6) is 0 Å². The van der Waals surface area contributed by atoms with Gasteiger partial charge in [-0.1, -0.05) is 48.5 Å². The van der Waals surface area contributed by atoms with E-state index >= 15 is 0 Å². The van der Waals surface area contributed by atoms with Crippen LogP contribution in [0.1, 0.15) is 17.5 Å². The summed E-state index contributed by atoms with van der Waals surface area (Å²) >= 11 is 6.91. The van der Waals surface area contributed by atoms with Crippen molar-refractivity contribution in [1.29, 1.82) is 0 Å². The molecule has 106 valence electrons. The molecular formula is C18H17ClN2. The number of hydrogen-bond donors (Lipinski definition) is 0. The highest BCUT2D eigenvalue weighted by molar-refractivity contribution is 6.38. The van der Waals surface area contributed by atoms with Crippen molar-refractivity contribution in [3.63, 3.8) is 0 Å². The minimum Gasteiger partial charge on any atom is -0.293 e. The predicted octanol–water partition coefficient (Wildman–Crippen LogP) is 4.11. The Kier molecular flexibility index (Phi) is 3.09. The molecule has 3 heteroatoms. The number of halogens is 1. The summed E-state index contributed by atoms with van der Waals surface area (Å²) in [5.74, 6) is 0. The lowest BCUT2D eigenvalue weighted by molar-refractivity contribution is 0.269.